The molecule has 0 aromatic carbocycles. The maximum absolute atomic E-state index is 12.1. The fraction of sp³-hybridized carbons (Fsp3) is 0.696. The number of allylic oxidation sites excluding steroid dienone is 5. The molecule has 1 fully saturated rings. The minimum atomic E-state index is -0.215. The highest BCUT2D eigenvalue weighted by Crippen LogP contribution is 2.48. The Morgan fingerprint density at radius 1 is 1.27 bits per heavy atom. The Bertz CT molecular complexity index is 563. The molecule has 3 nitrogen and oxygen atoms in total. The second-order valence-electron chi connectivity index (χ2n) is 8.47. The number of hydrogen-bond donors (Lipinski definition) is 2. The molecule has 2 N–H and O–H groups in total. The van der Waals surface area contributed by atoms with E-state index in [2.05, 4.69) is 51.2 Å². The number of hydrogen-bond acceptors (Lipinski definition) is 2. The van der Waals surface area contributed by atoms with E-state index in [9.17, 15) is 9.90 Å². The van der Waals surface area contributed by atoms with Crippen LogP contribution in [0.2, 0.25) is 0 Å². The normalized spacial score (nSPS) is 37.6. The lowest BCUT2D eigenvalue weighted by atomic mass is 9.58. The summed E-state index contributed by atoms with van der Waals surface area (Å²) in [5.41, 5.74) is 0.748. The second kappa shape index (κ2) is 9.55. The molecule has 0 heterocycles. The minimum Gasteiger partial charge on any atom is -0.393 e. The zero-order chi connectivity index (χ0) is 19.3. The number of nitrogens with one attached hydrogen (secondary N) is 1. The summed E-state index contributed by atoms with van der Waals surface area (Å²) >= 11 is 0. The standard InChI is InChI=1S/C23H37NO2/c1-6-7-13-24-23(26)16(3)9-8-10-20-15(2)11-12-19-14-17(4)22(25)18(5)21(19)20/h8-12,15,17-22,25H,6-7,13-14H2,1-5H3,(H,24,26)/t15-,17+,18-,19-,20-,21-,22-/m0/s1. The van der Waals surface area contributed by atoms with E-state index in [1.54, 1.807) is 0 Å². The monoisotopic (exact) mass is 359 g/mol. The highest BCUT2D eigenvalue weighted by atomic mass is 16.3. The fourth-order valence-electron chi connectivity index (χ4n) is 4.73. The third kappa shape index (κ3) is 4.88. The molecule has 0 saturated heterocycles. The van der Waals surface area contributed by atoms with Crippen LogP contribution < -0.4 is 5.32 Å². The first-order valence-electron chi connectivity index (χ1n) is 10.4. The third-order valence-electron chi connectivity index (χ3n) is 6.43. The molecule has 146 valence electrons. The Morgan fingerprint density at radius 3 is 2.69 bits per heavy atom. The first kappa shape index (κ1) is 21.0. The van der Waals surface area contributed by atoms with Crippen LogP contribution in [0.1, 0.15) is 53.9 Å². The van der Waals surface area contributed by atoms with E-state index < -0.39 is 0 Å². The number of rotatable bonds is 6. The summed E-state index contributed by atoms with van der Waals surface area (Å²) < 4.78 is 0. The lowest BCUT2D eigenvalue weighted by Gasteiger charge is -2.48. The van der Waals surface area contributed by atoms with Gasteiger partial charge in [0.2, 0.25) is 5.91 Å². The summed E-state index contributed by atoms with van der Waals surface area (Å²) in [6, 6.07) is 0. The van der Waals surface area contributed by atoms with Gasteiger partial charge in [0.1, 0.15) is 0 Å². The molecule has 26 heavy (non-hydrogen) atoms. The van der Waals surface area contributed by atoms with Crippen molar-refractivity contribution in [1.29, 1.82) is 0 Å². The van der Waals surface area contributed by atoms with Crippen LogP contribution in [0.15, 0.2) is 36.0 Å². The molecule has 2 aliphatic rings. The summed E-state index contributed by atoms with van der Waals surface area (Å²) in [7, 11) is 0. The molecule has 0 aromatic heterocycles. The fourth-order valence-corrected chi connectivity index (χ4v) is 4.73. The van der Waals surface area contributed by atoms with Crippen molar-refractivity contribution in [2.75, 3.05) is 6.54 Å². The van der Waals surface area contributed by atoms with Crippen LogP contribution >= 0.6 is 0 Å². The van der Waals surface area contributed by atoms with Crippen molar-refractivity contribution >= 4 is 5.91 Å². The van der Waals surface area contributed by atoms with Gasteiger partial charge < -0.3 is 10.4 Å². The summed E-state index contributed by atoms with van der Waals surface area (Å²) in [5, 5.41) is 13.5. The van der Waals surface area contributed by atoms with Crippen LogP contribution in [-0.2, 0) is 4.79 Å². The number of unbranched alkanes of at least 4 members (excludes halogenated alkanes) is 1. The van der Waals surface area contributed by atoms with Gasteiger partial charge in [-0.05, 0) is 55.3 Å². The Morgan fingerprint density at radius 2 is 2.00 bits per heavy atom. The van der Waals surface area contributed by atoms with Gasteiger partial charge in [0.05, 0.1) is 6.10 Å². The molecule has 1 saturated carbocycles. The molecule has 3 heteroatoms. The third-order valence-corrected chi connectivity index (χ3v) is 6.43. The number of aliphatic hydroxyl groups is 1. The summed E-state index contributed by atoms with van der Waals surface area (Å²) in [6.45, 7) is 11.4. The van der Waals surface area contributed by atoms with Gasteiger partial charge in [0.15, 0.2) is 0 Å². The second-order valence-corrected chi connectivity index (χ2v) is 8.47. The molecule has 0 spiro atoms. The van der Waals surface area contributed by atoms with Gasteiger partial charge in [-0.15, -0.1) is 0 Å². The number of amides is 1. The molecular formula is C23H37NO2. The topological polar surface area (TPSA) is 49.3 Å². The van der Waals surface area contributed by atoms with Crippen LogP contribution in [0.3, 0.4) is 0 Å². The van der Waals surface area contributed by atoms with E-state index in [1.165, 1.54) is 0 Å². The molecule has 2 rings (SSSR count). The Balaban J connectivity index is 2.06. The molecular weight excluding hydrogens is 322 g/mol. The van der Waals surface area contributed by atoms with Gasteiger partial charge >= 0.3 is 0 Å². The maximum atomic E-state index is 12.1. The minimum absolute atomic E-state index is 0.0212. The van der Waals surface area contributed by atoms with Gasteiger partial charge in [-0.2, -0.15) is 0 Å². The van der Waals surface area contributed by atoms with Crippen molar-refractivity contribution in [3.8, 4) is 0 Å². The van der Waals surface area contributed by atoms with E-state index in [-0.39, 0.29) is 12.0 Å². The van der Waals surface area contributed by atoms with Gasteiger partial charge in [-0.25, -0.2) is 0 Å². The highest BCUT2D eigenvalue weighted by molar-refractivity contribution is 5.93. The number of carbonyl (C=O) groups is 1. The molecule has 0 aromatic rings. The van der Waals surface area contributed by atoms with Crippen molar-refractivity contribution in [3.05, 3.63) is 36.0 Å². The van der Waals surface area contributed by atoms with Gasteiger partial charge in [0.25, 0.3) is 0 Å². The average Bonchev–Trinajstić information content (AvgIpc) is 2.61. The summed E-state index contributed by atoms with van der Waals surface area (Å²) in [4.78, 5) is 12.1. The lowest BCUT2D eigenvalue weighted by molar-refractivity contribution is -0.117. The maximum Gasteiger partial charge on any atom is 0.246 e. The average molecular weight is 360 g/mol. The Labute approximate surface area is 159 Å². The first-order valence-corrected chi connectivity index (χ1v) is 10.4. The van der Waals surface area contributed by atoms with E-state index in [1.807, 2.05) is 19.1 Å². The van der Waals surface area contributed by atoms with Gasteiger partial charge in [-0.1, -0.05) is 64.5 Å². The van der Waals surface area contributed by atoms with Crippen molar-refractivity contribution in [2.45, 2.75) is 60.0 Å². The van der Waals surface area contributed by atoms with E-state index in [0.29, 0.717) is 35.5 Å². The van der Waals surface area contributed by atoms with Gasteiger partial charge in [0, 0.05) is 12.1 Å². The van der Waals surface area contributed by atoms with Crippen molar-refractivity contribution < 1.29 is 9.90 Å². The largest absolute Gasteiger partial charge is 0.393 e. The molecule has 2 aliphatic carbocycles. The Hall–Kier alpha value is -1.35. The molecule has 0 bridgehead atoms. The van der Waals surface area contributed by atoms with Gasteiger partial charge in [-0.3, -0.25) is 4.79 Å². The number of fused-ring (bicyclic) bond motifs is 1. The zero-order valence-corrected chi connectivity index (χ0v) is 17.1. The molecule has 1 amide bonds. The van der Waals surface area contributed by atoms with Crippen LogP contribution in [0.5, 0.6) is 0 Å². The van der Waals surface area contributed by atoms with E-state index in [4.69, 9.17) is 0 Å². The lowest BCUT2D eigenvalue weighted by Crippen LogP contribution is -2.46. The highest BCUT2D eigenvalue weighted by Gasteiger charge is 2.44. The van der Waals surface area contributed by atoms with Crippen molar-refractivity contribution in [2.24, 2.45) is 35.5 Å². The number of aliphatic hydroxyl groups excluding tert-OH is 1. The summed E-state index contributed by atoms with van der Waals surface area (Å²) in [6.07, 6.45) is 13.9. The number of carbonyl (C=O) groups excluding carboxylic acids is 1. The molecule has 0 radical (unpaired) electrons. The van der Waals surface area contributed by atoms with Crippen LogP contribution in [0.4, 0.5) is 0 Å². The Kier molecular flexibility index (Phi) is 7.69. The SMILES string of the molecule is CCCCNC(=O)C(C)=CC=C[C@@H]1[C@H]2[C@H](C)[C@@H](O)[C@H](C)C[C@@H]2C=C[C@@H]1C. The van der Waals surface area contributed by atoms with Crippen LogP contribution in [0.25, 0.3) is 0 Å². The van der Waals surface area contributed by atoms with Crippen molar-refractivity contribution in [1.82, 2.24) is 5.32 Å². The van der Waals surface area contributed by atoms with E-state index in [0.717, 1.165) is 31.4 Å². The first-order chi connectivity index (χ1) is 12.4. The molecule has 0 aliphatic heterocycles. The van der Waals surface area contributed by atoms with Crippen molar-refractivity contribution in [3.63, 3.8) is 0 Å². The quantitative estimate of drug-likeness (QED) is 0.317. The van der Waals surface area contributed by atoms with Crippen LogP contribution in [-0.4, -0.2) is 23.7 Å². The molecule has 7 atom stereocenters. The van der Waals surface area contributed by atoms with Crippen LogP contribution in [0, 0.1) is 35.5 Å². The summed E-state index contributed by atoms with van der Waals surface area (Å²) in [5.74, 6) is 2.59. The zero-order valence-electron chi connectivity index (χ0n) is 17.1. The predicted molar refractivity (Wildman–Crippen MR) is 109 cm³/mol. The predicted octanol–water partition coefficient (Wildman–Crippen LogP) is 4.50. The smallest absolute Gasteiger partial charge is 0.246 e. The van der Waals surface area contributed by atoms with E-state index >= 15 is 0 Å². The molecule has 0 unspecified atom stereocenters.